The van der Waals surface area contributed by atoms with Crippen LogP contribution < -0.4 is 5.43 Å². The normalized spacial score (nSPS) is 23.4. The number of para-hydroxylation sites is 1. The lowest BCUT2D eigenvalue weighted by Gasteiger charge is -2.31. The summed E-state index contributed by atoms with van der Waals surface area (Å²) in [6.07, 6.45) is 0.319. The largest absolute Gasteiger partial charge is 0.376 e. The van der Waals surface area contributed by atoms with Crippen LogP contribution in [-0.2, 0) is 4.74 Å². The van der Waals surface area contributed by atoms with Crippen LogP contribution in [-0.4, -0.2) is 30.8 Å². The van der Waals surface area contributed by atoms with Gasteiger partial charge in [-0.3, -0.25) is 0 Å². The van der Waals surface area contributed by atoms with E-state index in [1.165, 1.54) is 0 Å². The molecule has 3 heteroatoms. The number of morpholine rings is 1. The van der Waals surface area contributed by atoms with E-state index in [4.69, 9.17) is 4.74 Å². The number of anilines is 1. The highest BCUT2D eigenvalue weighted by Gasteiger charge is 2.15. The summed E-state index contributed by atoms with van der Waals surface area (Å²) in [5.74, 6) is 0. The van der Waals surface area contributed by atoms with Crippen LogP contribution in [0.3, 0.4) is 0 Å². The number of hydrogen-bond donors (Lipinski definition) is 1. The van der Waals surface area contributed by atoms with Crippen molar-refractivity contribution in [3.05, 3.63) is 30.3 Å². The third kappa shape index (κ3) is 2.47. The van der Waals surface area contributed by atoms with Gasteiger partial charge in [0.15, 0.2) is 0 Å². The monoisotopic (exact) mass is 192 g/mol. The predicted octanol–water partition coefficient (Wildman–Crippen LogP) is 1.73. The molecule has 0 saturated carbocycles. The standard InChI is InChI=1S/C11H16N2O/c1-10-9-13(7-8-14-10)12-11-5-3-2-4-6-11/h2-6,10,12H,7-9H2,1H3. The Labute approximate surface area is 84.6 Å². The first-order valence-corrected chi connectivity index (χ1v) is 5.03. The molecule has 1 aromatic carbocycles. The van der Waals surface area contributed by atoms with Gasteiger partial charge in [0, 0.05) is 18.8 Å². The van der Waals surface area contributed by atoms with E-state index < -0.39 is 0 Å². The second-order valence-electron chi connectivity index (χ2n) is 3.61. The van der Waals surface area contributed by atoms with Crippen molar-refractivity contribution < 1.29 is 4.74 Å². The van der Waals surface area contributed by atoms with E-state index in [0.29, 0.717) is 6.10 Å². The minimum atomic E-state index is 0.319. The lowest BCUT2D eigenvalue weighted by molar-refractivity contribution is -0.00904. The van der Waals surface area contributed by atoms with Crippen LogP contribution in [0.2, 0.25) is 0 Å². The molecule has 0 spiro atoms. The second kappa shape index (κ2) is 4.44. The fourth-order valence-corrected chi connectivity index (χ4v) is 1.62. The van der Waals surface area contributed by atoms with E-state index in [-0.39, 0.29) is 0 Å². The SMILES string of the molecule is CC1CN(Nc2ccccc2)CCO1. The van der Waals surface area contributed by atoms with Crippen LogP contribution in [0.1, 0.15) is 6.92 Å². The molecule has 76 valence electrons. The molecular formula is C11H16N2O. The van der Waals surface area contributed by atoms with E-state index in [2.05, 4.69) is 29.5 Å². The van der Waals surface area contributed by atoms with Crippen molar-refractivity contribution in [1.29, 1.82) is 0 Å². The molecule has 1 saturated heterocycles. The average molecular weight is 192 g/mol. The molecule has 0 amide bonds. The molecule has 1 atom stereocenters. The van der Waals surface area contributed by atoms with Gasteiger partial charge in [0.1, 0.15) is 0 Å². The molecule has 3 nitrogen and oxygen atoms in total. The van der Waals surface area contributed by atoms with E-state index in [0.717, 1.165) is 25.4 Å². The number of nitrogens with one attached hydrogen (secondary N) is 1. The van der Waals surface area contributed by atoms with Crippen LogP contribution >= 0.6 is 0 Å². The van der Waals surface area contributed by atoms with Gasteiger partial charge in [-0.1, -0.05) is 18.2 Å². The summed E-state index contributed by atoms with van der Waals surface area (Å²) in [7, 11) is 0. The lowest BCUT2D eigenvalue weighted by Crippen LogP contribution is -2.44. The van der Waals surface area contributed by atoms with Crippen molar-refractivity contribution in [2.45, 2.75) is 13.0 Å². The first-order valence-electron chi connectivity index (χ1n) is 5.03. The highest BCUT2D eigenvalue weighted by Crippen LogP contribution is 2.09. The minimum Gasteiger partial charge on any atom is -0.376 e. The molecule has 2 rings (SSSR count). The van der Waals surface area contributed by atoms with E-state index in [1.807, 2.05) is 18.2 Å². The molecule has 0 aromatic heterocycles. The zero-order valence-electron chi connectivity index (χ0n) is 8.44. The van der Waals surface area contributed by atoms with Gasteiger partial charge in [-0.2, -0.15) is 0 Å². The van der Waals surface area contributed by atoms with Gasteiger partial charge in [0.05, 0.1) is 12.7 Å². The van der Waals surface area contributed by atoms with Crippen LogP contribution in [0, 0.1) is 0 Å². The number of nitrogens with zero attached hydrogens (tertiary/aromatic N) is 1. The summed E-state index contributed by atoms with van der Waals surface area (Å²) in [4.78, 5) is 0. The molecule has 1 N–H and O–H groups in total. The van der Waals surface area contributed by atoms with Gasteiger partial charge < -0.3 is 10.2 Å². The van der Waals surface area contributed by atoms with Gasteiger partial charge >= 0.3 is 0 Å². The Balaban J connectivity index is 1.91. The maximum absolute atomic E-state index is 5.46. The van der Waals surface area contributed by atoms with Gasteiger partial charge in [-0.25, -0.2) is 5.01 Å². The fraction of sp³-hybridized carbons (Fsp3) is 0.455. The van der Waals surface area contributed by atoms with Gasteiger partial charge in [0.25, 0.3) is 0 Å². The lowest BCUT2D eigenvalue weighted by atomic mass is 10.3. The summed E-state index contributed by atoms with van der Waals surface area (Å²) in [6, 6.07) is 10.2. The Hall–Kier alpha value is -1.06. The summed E-state index contributed by atoms with van der Waals surface area (Å²) in [5, 5.41) is 2.20. The molecule has 0 aliphatic carbocycles. The summed E-state index contributed by atoms with van der Waals surface area (Å²) < 4.78 is 5.46. The maximum atomic E-state index is 5.46. The Kier molecular flexibility index (Phi) is 3.01. The topological polar surface area (TPSA) is 24.5 Å². The third-order valence-electron chi connectivity index (χ3n) is 2.30. The first-order chi connectivity index (χ1) is 6.84. The van der Waals surface area contributed by atoms with Crippen molar-refractivity contribution in [2.75, 3.05) is 25.1 Å². The molecule has 1 aliphatic heterocycles. The van der Waals surface area contributed by atoms with Gasteiger partial charge in [0.2, 0.25) is 0 Å². The van der Waals surface area contributed by atoms with Crippen LogP contribution in [0.4, 0.5) is 5.69 Å². The molecule has 0 radical (unpaired) electrons. The second-order valence-corrected chi connectivity index (χ2v) is 3.61. The molecule has 0 bridgehead atoms. The molecule has 14 heavy (non-hydrogen) atoms. The molecule has 1 aromatic rings. The Bertz CT molecular complexity index is 276. The quantitative estimate of drug-likeness (QED) is 0.772. The Morgan fingerprint density at radius 3 is 2.86 bits per heavy atom. The average Bonchev–Trinajstić information content (AvgIpc) is 2.19. The van der Waals surface area contributed by atoms with Crippen molar-refractivity contribution in [3.63, 3.8) is 0 Å². The first kappa shape index (κ1) is 9.49. The highest BCUT2D eigenvalue weighted by molar-refractivity contribution is 5.41. The Morgan fingerprint density at radius 2 is 2.14 bits per heavy atom. The van der Waals surface area contributed by atoms with Crippen molar-refractivity contribution in [3.8, 4) is 0 Å². The molecular weight excluding hydrogens is 176 g/mol. The van der Waals surface area contributed by atoms with Crippen LogP contribution in [0.25, 0.3) is 0 Å². The zero-order valence-corrected chi connectivity index (χ0v) is 8.44. The van der Waals surface area contributed by atoms with Crippen LogP contribution in [0.5, 0.6) is 0 Å². The fourth-order valence-electron chi connectivity index (χ4n) is 1.62. The summed E-state index contributed by atoms with van der Waals surface area (Å²) in [6.45, 7) is 4.79. The third-order valence-corrected chi connectivity index (χ3v) is 2.30. The van der Waals surface area contributed by atoms with E-state index in [9.17, 15) is 0 Å². The smallest absolute Gasteiger partial charge is 0.0693 e. The number of rotatable bonds is 2. The number of hydrazine groups is 1. The predicted molar refractivity (Wildman–Crippen MR) is 57.1 cm³/mol. The minimum absolute atomic E-state index is 0.319. The maximum Gasteiger partial charge on any atom is 0.0693 e. The zero-order chi connectivity index (χ0) is 9.80. The number of hydrogen-bond acceptors (Lipinski definition) is 3. The van der Waals surface area contributed by atoms with E-state index >= 15 is 0 Å². The summed E-state index contributed by atoms with van der Waals surface area (Å²) in [5.41, 5.74) is 4.50. The van der Waals surface area contributed by atoms with E-state index in [1.54, 1.807) is 0 Å². The van der Waals surface area contributed by atoms with Gasteiger partial charge in [-0.05, 0) is 19.1 Å². The van der Waals surface area contributed by atoms with Crippen molar-refractivity contribution in [1.82, 2.24) is 5.01 Å². The van der Waals surface area contributed by atoms with Crippen molar-refractivity contribution in [2.24, 2.45) is 0 Å². The molecule has 1 fully saturated rings. The molecule has 1 aliphatic rings. The van der Waals surface area contributed by atoms with Gasteiger partial charge in [-0.15, -0.1) is 0 Å². The number of benzene rings is 1. The summed E-state index contributed by atoms with van der Waals surface area (Å²) >= 11 is 0. The highest BCUT2D eigenvalue weighted by atomic mass is 16.5. The van der Waals surface area contributed by atoms with Crippen molar-refractivity contribution >= 4 is 5.69 Å². The number of ether oxygens (including phenoxy) is 1. The van der Waals surface area contributed by atoms with Crippen LogP contribution in [0.15, 0.2) is 30.3 Å². The Morgan fingerprint density at radius 1 is 1.36 bits per heavy atom. The molecule has 1 unspecified atom stereocenters. The molecule has 1 heterocycles.